The first-order chi connectivity index (χ1) is 10.0. The van der Waals surface area contributed by atoms with Crippen LogP contribution in [0.3, 0.4) is 0 Å². The standard InChI is InChI=1S/C16H17ClN2O2/c1-11-6-3-4-7-13(11)12(2)18-10-14-15(17)8-5-9-16(14)19(20)21/h3-9,12,18H,10H2,1-2H3/t12-/m0/s1. The van der Waals surface area contributed by atoms with E-state index >= 15 is 0 Å². The fraction of sp³-hybridized carbons (Fsp3) is 0.250. The van der Waals surface area contributed by atoms with Gasteiger partial charge in [-0.05, 0) is 31.0 Å². The summed E-state index contributed by atoms with van der Waals surface area (Å²) in [7, 11) is 0. The number of aryl methyl sites for hydroxylation is 1. The van der Waals surface area contributed by atoms with Gasteiger partial charge in [0.15, 0.2) is 0 Å². The zero-order valence-electron chi connectivity index (χ0n) is 12.0. The van der Waals surface area contributed by atoms with Crippen LogP contribution < -0.4 is 5.32 Å². The maximum absolute atomic E-state index is 11.1. The van der Waals surface area contributed by atoms with E-state index in [1.807, 2.05) is 38.1 Å². The maximum Gasteiger partial charge on any atom is 0.275 e. The van der Waals surface area contributed by atoms with E-state index in [2.05, 4.69) is 5.32 Å². The van der Waals surface area contributed by atoms with Crippen molar-refractivity contribution >= 4 is 17.3 Å². The summed E-state index contributed by atoms with van der Waals surface area (Å²) in [4.78, 5) is 10.7. The minimum absolute atomic E-state index is 0.0481. The lowest BCUT2D eigenvalue weighted by Gasteiger charge is -2.17. The summed E-state index contributed by atoms with van der Waals surface area (Å²) in [5.74, 6) is 0. The van der Waals surface area contributed by atoms with E-state index in [1.165, 1.54) is 17.2 Å². The number of nitrogens with zero attached hydrogens (tertiary/aromatic N) is 1. The Morgan fingerprint density at radius 1 is 1.24 bits per heavy atom. The molecule has 21 heavy (non-hydrogen) atoms. The number of hydrogen-bond donors (Lipinski definition) is 1. The van der Waals surface area contributed by atoms with Crippen molar-refractivity contribution in [2.24, 2.45) is 0 Å². The van der Waals surface area contributed by atoms with Gasteiger partial charge in [-0.3, -0.25) is 10.1 Å². The van der Waals surface area contributed by atoms with Crippen LogP contribution in [0, 0.1) is 17.0 Å². The molecule has 0 aromatic heterocycles. The Hall–Kier alpha value is -1.91. The van der Waals surface area contributed by atoms with Crippen molar-refractivity contribution in [1.29, 1.82) is 0 Å². The van der Waals surface area contributed by atoms with Crippen LogP contribution in [0.25, 0.3) is 0 Å². The first kappa shape index (κ1) is 15.5. The summed E-state index contributed by atoms with van der Waals surface area (Å²) < 4.78 is 0. The Morgan fingerprint density at radius 3 is 2.62 bits per heavy atom. The van der Waals surface area contributed by atoms with Crippen LogP contribution in [0.4, 0.5) is 5.69 Å². The van der Waals surface area contributed by atoms with E-state index in [9.17, 15) is 10.1 Å². The third-order valence-corrected chi connectivity index (χ3v) is 3.88. The SMILES string of the molecule is Cc1ccccc1[C@H](C)NCc1c(Cl)cccc1[N+](=O)[O-]. The van der Waals surface area contributed by atoms with Gasteiger partial charge in [-0.15, -0.1) is 0 Å². The van der Waals surface area contributed by atoms with E-state index in [-0.39, 0.29) is 11.7 Å². The van der Waals surface area contributed by atoms with E-state index < -0.39 is 4.92 Å². The lowest BCUT2D eigenvalue weighted by atomic mass is 10.0. The van der Waals surface area contributed by atoms with E-state index in [1.54, 1.807) is 12.1 Å². The third-order valence-electron chi connectivity index (χ3n) is 3.53. The third kappa shape index (κ3) is 3.60. The fourth-order valence-corrected chi connectivity index (χ4v) is 2.57. The molecule has 110 valence electrons. The van der Waals surface area contributed by atoms with Gasteiger partial charge in [0, 0.05) is 18.7 Å². The smallest absolute Gasteiger partial charge is 0.275 e. The number of nitrogens with one attached hydrogen (secondary N) is 1. The topological polar surface area (TPSA) is 55.2 Å². The van der Waals surface area contributed by atoms with Gasteiger partial charge in [0.2, 0.25) is 0 Å². The van der Waals surface area contributed by atoms with Crippen LogP contribution in [-0.4, -0.2) is 4.92 Å². The van der Waals surface area contributed by atoms with Crippen LogP contribution in [0.15, 0.2) is 42.5 Å². The van der Waals surface area contributed by atoms with Gasteiger partial charge in [0.25, 0.3) is 5.69 Å². The molecule has 1 N–H and O–H groups in total. The van der Waals surface area contributed by atoms with Crippen molar-refractivity contribution in [3.05, 3.63) is 74.3 Å². The molecule has 2 aromatic carbocycles. The minimum atomic E-state index is -0.401. The number of nitro groups is 1. The molecule has 0 aliphatic heterocycles. The van der Waals surface area contributed by atoms with Crippen molar-refractivity contribution in [3.8, 4) is 0 Å². The molecule has 5 heteroatoms. The molecule has 0 aliphatic carbocycles. The van der Waals surface area contributed by atoms with Gasteiger partial charge in [-0.1, -0.05) is 41.9 Å². The highest BCUT2D eigenvalue weighted by atomic mass is 35.5. The number of nitro benzene ring substituents is 1. The maximum atomic E-state index is 11.1. The van der Waals surface area contributed by atoms with Crippen LogP contribution in [0.2, 0.25) is 5.02 Å². The lowest BCUT2D eigenvalue weighted by Crippen LogP contribution is -2.19. The Balaban J connectivity index is 2.17. The molecule has 4 nitrogen and oxygen atoms in total. The van der Waals surface area contributed by atoms with Crippen LogP contribution in [-0.2, 0) is 6.54 Å². The predicted molar refractivity (Wildman–Crippen MR) is 84.5 cm³/mol. The van der Waals surface area contributed by atoms with Crippen LogP contribution >= 0.6 is 11.6 Å². The molecular formula is C16H17ClN2O2. The monoisotopic (exact) mass is 304 g/mol. The highest BCUT2D eigenvalue weighted by molar-refractivity contribution is 6.31. The van der Waals surface area contributed by atoms with Crippen molar-refractivity contribution in [3.63, 3.8) is 0 Å². The average molecular weight is 305 g/mol. The normalized spacial score (nSPS) is 12.1. The molecule has 0 amide bonds. The molecule has 0 radical (unpaired) electrons. The molecule has 0 heterocycles. The summed E-state index contributed by atoms with van der Waals surface area (Å²) in [6.45, 7) is 4.43. The Morgan fingerprint density at radius 2 is 1.95 bits per heavy atom. The predicted octanol–water partition coefficient (Wildman–Crippen LogP) is 4.41. The second kappa shape index (κ2) is 6.70. The van der Waals surface area contributed by atoms with Crippen molar-refractivity contribution in [2.45, 2.75) is 26.4 Å². The van der Waals surface area contributed by atoms with Crippen molar-refractivity contribution in [2.75, 3.05) is 0 Å². The highest BCUT2D eigenvalue weighted by Gasteiger charge is 2.17. The second-order valence-corrected chi connectivity index (χ2v) is 5.36. The number of halogens is 1. The van der Waals surface area contributed by atoms with Gasteiger partial charge >= 0.3 is 0 Å². The second-order valence-electron chi connectivity index (χ2n) is 4.95. The summed E-state index contributed by atoms with van der Waals surface area (Å²) in [6, 6.07) is 12.9. The molecule has 1 atom stereocenters. The van der Waals surface area contributed by atoms with Gasteiger partial charge in [0.1, 0.15) is 0 Å². The molecule has 0 unspecified atom stereocenters. The summed E-state index contributed by atoms with van der Waals surface area (Å²) in [5, 5.41) is 14.8. The zero-order chi connectivity index (χ0) is 15.4. The van der Waals surface area contributed by atoms with Gasteiger partial charge < -0.3 is 5.32 Å². The summed E-state index contributed by atoms with van der Waals surface area (Å²) in [6.07, 6.45) is 0. The molecule has 2 aromatic rings. The average Bonchev–Trinajstić information content (AvgIpc) is 2.45. The van der Waals surface area contributed by atoms with Crippen molar-refractivity contribution in [1.82, 2.24) is 5.32 Å². The highest BCUT2D eigenvalue weighted by Crippen LogP contribution is 2.27. The van der Waals surface area contributed by atoms with E-state index in [0.717, 1.165) is 0 Å². The molecular weight excluding hydrogens is 288 g/mol. The number of hydrogen-bond acceptors (Lipinski definition) is 3. The Kier molecular flexibility index (Phi) is 4.94. The largest absolute Gasteiger partial charge is 0.306 e. The summed E-state index contributed by atoms with van der Waals surface area (Å²) >= 11 is 6.09. The Labute approximate surface area is 128 Å². The number of rotatable bonds is 5. The Bertz CT molecular complexity index is 658. The first-order valence-electron chi connectivity index (χ1n) is 6.71. The van der Waals surface area contributed by atoms with E-state index in [0.29, 0.717) is 17.1 Å². The molecule has 2 rings (SSSR count). The quantitative estimate of drug-likeness (QED) is 0.657. The molecule has 0 spiro atoms. The molecule has 0 bridgehead atoms. The van der Waals surface area contributed by atoms with E-state index in [4.69, 9.17) is 11.6 Å². The van der Waals surface area contributed by atoms with Crippen molar-refractivity contribution < 1.29 is 4.92 Å². The molecule has 0 saturated carbocycles. The fourth-order valence-electron chi connectivity index (χ4n) is 2.33. The lowest BCUT2D eigenvalue weighted by molar-refractivity contribution is -0.385. The number of benzene rings is 2. The first-order valence-corrected chi connectivity index (χ1v) is 7.09. The molecule has 0 fully saturated rings. The van der Waals surface area contributed by atoms with Gasteiger partial charge in [0.05, 0.1) is 15.5 Å². The van der Waals surface area contributed by atoms with Crippen LogP contribution in [0.1, 0.15) is 29.7 Å². The molecule has 0 saturated heterocycles. The molecule has 0 aliphatic rings. The summed E-state index contributed by atoms with van der Waals surface area (Å²) in [5.41, 5.74) is 2.93. The van der Waals surface area contributed by atoms with Gasteiger partial charge in [-0.25, -0.2) is 0 Å². The van der Waals surface area contributed by atoms with Crippen LogP contribution in [0.5, 0.6) is 0 Å². The zero-order valence-corrected chi connectivity index (χ0v) is 12.7. The van der Waals surface area contributed by atoms with Gasteiger partial charge in [-0.2, -0.15) is 0 Å². The minimum Gasteiger partial charge on any atom is -0.306 e.